The zero-order valence-corrected chi connectivity index (χ0v) is 11.4. The van der Waals surface area contributed by atoms with Crippen molar-refractivity contribution in [2.75, 3.05) is 0 Å². The van der Waals surface area contributed by atoms with Crippen molar-refractivity contribution < 1.29 is 9.72 Å². The zero-order valence-electron chi connectivity index (χ0n) is 10.6. The lowest BCUT2D eigenvalue weighted by molar-refractivity contribution is -0.384. The number of benzene rings is 1. The molecule has 1 aromatic rings. The second kappa shape index (κ2) is 5.44. The topological polar surface area (TPSA) is 109 Å². The molecule has 1 N–H and O–H groups in total. The van der Waals surface area contributed by atoms with Gasteiger partial charge in [0.25, 0.3) is 11.6 Å². The van der Waals surface area contributed by atoms with Crippen LogP contribution >= 0.6 is 11.8 Å². The number of carbonyl (C=O) groups excluding carboxylic acids is 1. The number of nitrogens with one attached hydrogen (secondary N) is 1. The SMILES string of the molecule is O=C1NC(SCc2cccc([N+](=O)[O-])c2)=NC2N=NC=C12. The molecule has 0 spiro atoms. The lowest BCUT2D eigenvalue weighted by Crippen LogP contribution is -2.37. The van der Waals surface area contributed by atoms with Crippen LogP contribution < -0.4 is 5.32 Å². The molecular formula is C12H9N5O3S. The Balaban J connectivity index is 1.69. The summed E-state index contributed by atoms with van der Waals surface area (Å²) in [7, 11) is 0. The number of nitro benzene ring substituents is 1. The maximum absolute atomic E-state index is 11.8. The van der Waals surface area contributed by atoms with Crippen LogP contribution in [0, 0.1) is 10.1 Å². The Kier molecular flexibility index (Phi) is 3.48. The number of rotatable bonds is 3. The standard InChI is InChI=1S/C12H9N5O3S/c18-11-9-5-13-16-10(9)14-12(15-11)21-6-7-2-1-3-8(4-7)17(19)20/h1-5,10H,6H2,(H,14,15,18). The van der Waals surface area contributed by atoms with Crippen LogP contribution in [-0.4, -0.2) is 22.2 Å². The lowest BCUT2D eigenvalue weighted by Gasteiger charge is -2.16. The largest absolute Gasteiger partial charge is 0.301 e. The summed E-state index contributed by atoms with van der Waals surface area (Å²) in [6.07, 6.45) is 0.831. The van der Waals surface area contributed by atoms with Gasteiger partial charge in [-0.1, -0.05) is 23.9 Å². The summed E-state index contributed by atoms with van der Waals surface area (Å²) in [5, 5.41) is 21.3. The Morgan fingerprint density at radius 2 is 2.29 bits per heavy atom. The van der Waals surface area contributed by atoms with Crippen molar-refractivity contribution in [2.45, 2.75) is 11.9 Å². The first-order valence-electron chi connectivity index (χ1n) is 5.99. The van der Waals surface area contributed by atoms with Gasteiger partial charge < -0.3 is 5.32 Å². The van der Waals surface area contributed by atoms with Gasteiger partial charge in [0.2, 0.25) is 0 Å². The predicted octanol–water partition coefficient (Wildman–Crippen LogP) is 1.99. The van der Waals surface area contributed by atoms with E-state index in [-0.39, 0.29) is 11.6 Å². The van der Waals surface area contributed by atoms with E-state index in [1.165, 1.54) is 30.1 Å². The number of nitro groups is 1. The quantitative estimate of drug-likeness (QED) is 0.680. The molecule has 106 valence electrons. The minimum Gasteiger partial charge on any atom is -0.301 e. The van der Waals surface area contributed by atoms with E-state index in [0.29, 0.717) is 16.5 Å². The highest BCUT2D eigenvalue weighted by molar-refractivity contribution is 8.13. The first-order chi connectivity index (χ1) is 10.1. The molecule has 1 unspecified atom stereocenters. The first kappa shape index (κ1) is 13.4. The maximum Gasteiger partial charge on any atom is 0.269 e. The smallest absolute Gasteiger partial charge is 0.269 e. The van der Waals surface area contributed by atoms with E-state index in [1.54, 1.807) is 12.1 Å². The average molecular weight is 303 g/mol. The number of azo groups is 1. The Morgan fingerprint density at radius 3 is 3.10 bits per heavy atom. The molecule has 0 aliphatic carbocycles. The van der Waals surface area contributed by atoms with E-state index in [9.17, 15) is 14.9 Å². The number of amidine groups is 1. The van der Waals surface area contributed by atoms with Gasteiger partial charge in [-0.3, -0.25) is 14.9 Å². The van der Waals surface area contributed by atoms with Crippen LogP contribution in [0.4, 0.5) is 5.69 Å². The van der Waals surface area contributed by atoms with Gasteiger partial charge in [-0.25, -0.2) is 4.99 Å². The fourth-order valence-electron chi connectivity index (χ4n) is 1.86. The zero-order chi connectivity index (χ0) is 14.8. The fraction of sp³-hybridized carbons (Fsp3) is 0.167. The molecule has 8 nitrogen and oxygen atoms in total. The molecule has 21 heavy (non-hydrogen) atoms. The van der Waals surface area contributed by atoms with Gasteiger partial charge in [0.15, 0.2) is 11.3 Å². The summed E-state index contributed by atoms with van der Waals surface area (Å²) in [5.74, 6) is 0.200. The summed E-state index contributed by atoms with van der Waals surface area (Å²) < 4.78 is 0. The molecule has 1 amide bonds. The van der Waals surface area contributed by atoms with Crippen molar-refractivity contribution in [2.24, 2.45) is 15.2 Å². The van der Waals surface area contributed by atoms with Crippen LogP contribution in [0.2, 0.25) is 0 Å². The Hall–Kier alpha value is -2.55. The van der Waals surface area contributed by atoms with Gasteiger partial charge >= 0.3 is 0 Å². The third-order valence-corrected chi connectivity index (χ3v) is 3.83. The molecule has 0 saturated heterocycles. The molecule has 2 heterocycles. The van der Waals surface area contributed by atoms with E-state index in [4.69, 9.17) is 0 Å². The number of non-ortho nitro benzene ring substituents is 1. The molecule has 0 saturated carbocycles. The highest BCUT2D eigenvalue weighted by Crippen LogP contribution is 2.24. The Bertz CT molecular complexity index is 713. The van der Waals surface area contributed by atoms with Crippen LogP contribution in [-0.2, 0) is 10.5 Å². The van der Waals surface area contributed by atoms with Crippen LogP contribution in [0.15, 0.2) is 51.3 Å². The van der Waals surface area contributed by atoms with Crippen molar-refractivity contribution in [1.82, 2.24) is 5.32 Å². The summed E-state index contributed by atoms with van der Waals surface area (Å²) in [5.41, 5.74) is 1.24. The van der Waals surface area contributed by atoms with Gasteiger partial charge in [-0.2, -0.15) is 10.2 Å². The number of nitrogens with zero attached hydrogens (tertiary/aromatic N) is 4. The van der Waals surface area contributed by atoms with E-state index < -0.39 is 11.1 Å². The number of aliphatic imine (C=N–C) groups is 1. The molecule has 2 aliphatic heterocycles. The van der Waals surface area contributed by atoms with Crippen LogP contribution in [0.25, 0.3) is 0 Å². The summed E-state index contributed by atoms with van der Waals surface area (Å²) >= 11 is 1.29. The van der Waals surface area contributed by atoms with Crippen molar-refractivity contribution in [1.29, 1.82) is 0 Å². The molecular weight excluding hydrogens is 294 g/mol. The minimum atomic E-state index is -0.564. The third kappa shape index (κ3) is 2.82. The first-order valence-corrected chi connectivity index (χ1v) is 6.97. The fourth-order valence-corrected chi connectivity index (χ4v) is 2.68. The third-order valence-electron chi connectivity index (χ3n) is 2.87. The molecule has 1 aromatic carbocycles. The average Bonchev–Trinajstić information content (AvgIpc) is 2.94. The van der Waals surface area contributed by atoms with E-state index in [1.807, 2.05) is 0 Å². The van der Waals surface area contributed by atoms with Crippen molar-refractivity contribution >= 4 is 28.5 Å². The number of fused-ring (bicyclic) bond motifs is 1. The molecule has 2 aliphatic rings. The van der Waals surface area contributed by atoms with E-state index >= 15 is 0 Å². The molecule has 0 aromatic heterocycles. The number of hydrogen-bond acceptors (Lipinski definition) is 7. The van der Waals surface area contributed by atoms with Gasteiger partial charge in [0.1, 0.15) is 0 Å². The predicted molar refractivity (Wildman–Crippen MR) is 76.7 cm³/mol. The molecule has 0 radical (unpaired) electrons. The van der Waals surface area contributed by atoms with Crippen LogP contribution in [0.3, 0.4) is 0 Å². The summed E-state index contributed by atoms with van der Waals surface area (Å²) in [6.45, 7) is 0. The maximum atomic E-state index is 11.8. The minimum absolute atomic E-state index is 0.0394. The molecule has 3 rings (SSSR count). The van der Waals surface area contributed by atoms with Gasteiger partial charge in [-0.05, 0) is 5.56 Å². The molecule has 0 fully saturated rings. The monoisotopic (exact) mass is 303 g/mol. The molecule has 1 atom stereocenters. The van der Waals surface area contributed by atoms with Crippen molar-refractivity contribution in [3.8, 4) is 0 Å². The lowest BCUT2D eigenvalue weighted by atomic mass is 10.2. The second-order valence-corrected chi connectivity index (χ2v) is 5.26. The Morgan fingerprint density at radius 1 is 1.43 bits per heavy atom. The van der Waals surface area contributed by atoms with Crippen LogP contribution in [0.1, 0.15) is 5.56 Å². The van der Waals surface area contributed by atoms with E-state index in [2.05, 4.69) is 20.5 Å². The number of carbonyl (C=O) groups is 1. The highest BCUT2D eigenvalue weighted by Gasteiger charge is 2.29. The number of hydrogen-bond donors (Lipinski definition) is 1. The van der Waals surface area contributed by atoms with Gasteiger partial charge in [0.05, 0.1) is 16.7 Å². The molecule has 0 bridgehead atoms. The molecule has 9 heteroatoms. The van der Waals surface area contributed by atoms with Gasteiger partial charge in [0, 0.05) is 17.9 Å². The van der Waals surface area contributed by atoms with Crippen molar-refractivity contribution in [3.63, 3.8) is 0 Å². The Labute approximate surface area is 123 Å². The highest BCUT2D eigenvalue weighted by atomic mass is 32.2. The number of thioether (sulfide) groups is 1. The normalized spacial score (nSPS) is 19.6. The van der Waals surface area contributed by atoms with Crippen LogP contribution in [0.5, 0.6) is 0 Å². The number of amides is 1. The summed E-state index contributed by atoms with van der Waals surface area (Å²) in [6, 6.07) is 6.34. The second-order valence-electron chi connectivity index (χ2n) is 4.29. The van der Waals surface area contributed by atoms with Gasteiger partial charge in [-0.15, -0.1) is 0 Å². The van der Waals surface area contributed by atoms with E-state index in [0.717, 1.165) is 5.56 Å². The van der Waals surface area contributed by atoms with Crippen molar-refractivity contribution in [3.05, 3.63) is 51.7 Å². The summed E-state index contributed by atoms with van der Waals surface area (Å²) in [4.78, 5) is 26.3.